The van der Waals surface area contributed by atoms with Gasteiger partial charge in [0.25, 0.3) is 0 Å². The van der Waals surface area contributed by atoms with E-state index >= 15 is 0 Å². The van der Waals surface area contributed by atoms with Crippen molar-refractivity contribution < 1.29 is 49.2 Å². The van der Waals surface area contributed by atoms with Gasteiger partial charge in [-0.3, -0.25) is 0 Å². The third-order valence-corrected chi connectivity index (χ3v) is 5.60. The number of hydrogen-bond donors (Lipinski definition) is 5. The predicted molar refractivity (Wildman–Crippen MR) is 97.9 cm³/mol. The Morgan fingerprint density at radius 1 is 0.800 bits per heavy atom. The van der Waals surface area contributed by atoms with E-state index in [0.717, 1.165) is 0 Å². The van der Waals surface area contributed by atoms with Crippen LogP contribution < -0.4 is 0 Å². The number of aliphatic hydroxyl groups is 5. The molecule has 3 rings (SSSR count). The van der Waals surface area contributed by atoms with Crippen molar-refractivity contribution in [3.63, 3.8) is 0 Å². The fourth-order valence-electron chi connectivity index (χ4n) is 4.07. The molecule has 5 N–H and O–H groups in total. The Bertz CT molecular complexity index is 540. The largest absolute Gasteiger partial charge is 0.394 e. The molecule has 174 valence electrons. The SMILES string of the molecule is O=N[C@H]1C[C@@H](O[C@@H]2C[C@H](O[C@@H]3C[C@H](O)C[C@H](CO)O3)C[C@H](CO)O2)[C@H](O)O[C@@H]1CO. The Morgan fingerprint density at radius 3 is 2.10 bits per heavy atom. The summed E-state index contributed by atoms with van der Waals surface area (Å²) in [5.41, 5.74) is 0. The Balaban J connectivity index is 1.58. The van der Waals surface area contributed by atoms with Crippen LogP contribution in [-0.2, 0) is 23.7 Å². The summed E-state index contributed by atoms with van der Waals surface area (Å²) in [6.07, 6.45) is -5.69. The van der Waals surface area contributed by atoms with Gasteiger partial charge in [0.2, 0.25) is 0 Å². The summed E-state index contributed by atoms with van der Waals surface area (Å²) < 4.78 is 28.2. The highest BCUT2D eigenvalue weighted by atomic mass is 16.7. The number of hydrogen-bond acceptors (Lipinski definition) is 12. The smallest absolute Gasteiger partial charge is 0.181 e. The van der Waals surface area contributed by atoms with Gasteiger partial charge in [-0.1, -0.05) is 5.18 Å². The molecule has 3 aliphatic heterocycles. The lowest BCUT2D eigenvalue weighted by Crippen LogP contribution is -2.52. The molecule has 3 aliphatic rings. The Hall–Kier alpha value is -0.800. The van der Waals surface area contributed by atoms with Crippen LogP contribution in [0.15, 0.2) is 5.18 Å². The second-order valence-corrected chi connectivity index (χ2v) is 7.93. The third kappa shape index (κ3) is 6.13. The van der Waals surface area contributed by atoms with Crippen molar-refractivity contribution >= 4 is 0 Å². The summed E-state index contributed by atoms with van der Waals surface area (Å²) in [5, 5.41) is 51.1. The topological polar surface area (TPSA) is 177 Å². The van der Waals surface area contributed by atoms with Crippen molar-refractivity contribution in [2.45, 2.75) is 93.6 Å². The molecule has 0 saturated carbocycles. The molecule has 0 aliphatic carbocycles. The summed E-state index contributed by atoms with van der Waals surface area (Å²) >= 11 is 0. The van der Waals surface area contributed by atoms with Crippen molar-refractivity contribution in [1.29, 1.82) is 0 Å². The van der Waals surface area contributed by atoms with Crippen molar-refractivity contribution in [2.75, 3.05) is 19.8 Å². The van der Waals surface area contributed by atoms with Crippen molar-refractivity contribution in [1.82, 2.24) is 0 Å². The normalized spacial score (nSPS) is 45.2. The van der Waals surface area contributed by atoms with E-state index in [-0.39, 0.29) is 32.5 Å². The first-order chi connectivity index (χ1) is 14.4. The quantitative estimate of drug-likeness (QED) is 0.275. The zero-order valence-corrected chi connectivity index (χ0v) is 16.6. The van der Waals surface area contributed by atoms with Gasteiger partial charge in [-0.15, -0.1) is 0 Å². The first-order valence-electron chi connectivity index (χ1n) is 10.2. The van der Waals surface area contributed by atoms with E-state index < -0.39 is 68.1 Å². The first kappa shape index (κ1) is 23.9. The highest BCUT2D eigenvalue weighted by Crippen LogP contribution is 2.31. The molecule has 0 aromatic heterocycles. The van der Waals surface area contributed by atoms with Crippen LogP contribution >= 0.6 is 0 Å². The lowest BCUT2D eigenvalue weighted by atomic mass is 10.00. The monoisotopic (exact) mass is 437 g/mol. The molecule has 0 aromatic carbocycles. The Morgan fingerprint density at radius 2 is 1.47 bits per heavy atom. The fourth-order valence-corrected chi connectivity index (χ4v) is 4.07. The van der Waals surface area contributed by atoms with Gasteiger partial charge in [0, 0.05) is 32.1 Å². The maximum atomic E-state index is 11.0. The molecule has 0 unspecified atom stereocenters. The molecular formula is C18H31NO11. The van der Waals surface area contributed by atoms with Crippen LogP contribution in [0, 0.1) is 4.91 Å². The van der Waals surface area contributed by atoms with Crippen molar-refractivity contribution in [2.24, 2.45) is 5.18 Å². The molecule has 30 heavy (non-hydrogen) atoms. The van der Waals surface area contributed by atoms with Crippen LogP contribution in [0.2, 0.25) is 0 Å². The van der Waals surface area contributed by atoms with E-state index in [2.05, 4.69) is 5.18 Å². The van der Waals surface area contributed by atoms with Crippen LogP contribution in [0.25, 0.3) is 0 Å². The van der Waals surface area contributed by atoms with Crippen LogP contribution in [0.4, 0.5) is 0 Å². The van der Waals surface area contributed by atoms with Crippen LogP contribution in [-0.4, -0.2) is 107 Å². The van der Waals surface area contributed by atoms with Gasteiger partial charge < -0.3 is 49.2 Å². The molecule has 3 fully saturated rings. The second kappa shape index (κ2) is 11.2. The van der Waals surface area contributed by atoms with E-state index in [4.69, 9.17) is 23.7 Å². The first-order valence-corrected chi connectivity index (χ1v) is 10.2. The molecule has 10 atom stereocenters. The zero-order valence-electron chi connectivity index (χ0n) is 16.6. The molecule has 0 amide bonds. The molecule has 3 saturated heterocycles. The number of nitrogens with zero attached hydrogens (tertiary/aromatic N) is 1. The fraction of sp³-hybridized carbons (Fsp3) is 1.00. The number of rotatable bonds is 8. The maximum absolute atomic E-state index is 11.0. The van der Waals surface area contributed by atoms with Crippen LogP contribution in [0.3, 0.4) is 0 Å². The van der Waals surface area contributed by atoms with Gasteiger partial charge >= 0.3 is 0 Å². The van der Waals surface area contributed by atoms with Crippen LogP contribution in [0.5, 0.6) is 0 Å². The van der Waals surface area contributed by atoms with E-state index in [0.29, 0.717) is 12.8 Å². The number of aliphatic hydroxyl groups excluding tert-OH is 5. The van der Waals surface area contributed by atoms with Gasteiger partial charge in [-0.05, 0) is 0 Å². The maximum Gasteiger partial charge on any atom is 0.181 e. The highest BCUT2D eigenvalue weighted by Gasteiger charge is 2.42. The van der Waals surface area contributed by atoms with Gasteiger partial charge in [0.1, 0.15) is 18.2 Å². The Labute approximate surface area is 173 Å². The summed E-state index contributed by atoms with van der Waals surface area (Å²) in [7, 11) is 0. The molecule has 0 bridgehead atoms. The van der Waals surface area contributed by atoms with Crippen molar-refractivity contribution in [3.05, 3.63) is 4.91 Å². The van der Waals surface area contributed by atoms with E-state index in [1.54, 1.807) is 0 Å². The standard InChI is InChI=1S/C18H31NO11/c20-6-11-1-9(23)2-16(27-11)26-10-3-12(7-21)28-17(4-10)29-14-5-13(19-25)15(8-22)30-18(14)24/h9-18,20-24H,1-8H2/t9-,10-,11-,12-,13+,14-,15-,16+,17-,18-/m1/s1. The van der Waals surface area contributed by atoms with Crippen LogP contribution in [0.1, 0.15) is 32.1 Å². The minimum Gasteiger partial charge on any atom is -0.394 e. The number of ether oxygens (including phenoxy) is 5. The minimum atomic E-state index is -1.38. The second-order valence-electron chi connectivity index (χ2n) is 7.93. The summed E-state index contributed by atoms with van der Waals surface area (Å²) in [4.78, 5) is 11.0. The average molecular weight is 437 g/mol. The molecule has 0 radical (unpaired) electrons. The summed E-state index contributed by atoms with van der Waals surface area (Å²) in [6, 6.07) is -0.875. The van der Waals surface area contributed by atoms with Gasteiger partial charge in [0.05, 0.1) is 44.2 Å². The van der Waals surface area contributed by atoms with E-state index in [1.807, 2.05) is 0 Å². The average Bonchev–Trinajstić information content (AvgIpc) is 2.74. The highest BCUT2D eigenvalue weighted by molar-refractivity contribution is 4.87. The summed E-state index contributed by atoms with van der Waals surface area (Å²) in [5.74, 6) is 0. The summed E-state index contributed by atoms with van der Waals surface area (Å²) in [6.45, 7) is -0.956. The lowest BCUT2D eigenvalue weighted by Gasteiger charge is -2.41. The molecule has 0 spiro atoms. The molecule has 12 heteroatoms. The van der Waals surface area contributed by atoms with Gasteiger partial charge in [-0.2, -0.15) is 4.91 Å². The van der Waals surface area contributed by atoms with Gasteiger partial charge in [-0.25, -0.2) is 0 Å². The lowest BCUT2D eigenvalue weighted by molar-refractivity contribution is -0.313. The van der Waals surface area contributed by atoms with E-state index in [1.165, 1.54) is 0 Å². The van der Waals surface area contributed by atoms with Crippen molar-refractivity contribution in [3.8, 4) is 0 Å². The number of nitroso groups, excluding NO2 is 1. The predicted octanol–water partition coefficient (Wildman–Crippen LogP) is -1.65. The molecule has 0 aromatic rings. The van der Waals surface area contributed by atoms with E-state index in [9.17, 15) is 30.4 Å². The Kier molecular flexibility index (Phi) is 8.89. The third-order valence-electron chi connectivity index (χ3n) is 5.60. The molecular weight excluding hydrogens is 406 g/mol. The molecule has 3 heterocycles. The zero-order chi connectivity index (χ0) is 21.7. The van der Waals surface area contributed by atoms with Gasteiger partial charge in [0.15, 0.2) is 18.9 Å². The minimum absolute atomic E-state index is 0.0428. The molecule has 12 nitrogen and oxygen atoms in total.